The maximum absolute atomic E-state index is 12.7. The van der Waals surface area contributed by atoms with Gasteiger partial charge in [-0.3, -0.25) is 4.90 Å². The number of rotatable bonds is 5. The number of piperazine rings is 1. The van der Waals surface area contributed by atoms with E-state index in [0.717, 1.165) is 52.7 Å². The van der Waals surface area contributed by atoms with Gasteiger partial charge in [-0.15, -0.1) is 0 Å². The number of urea groups is 1. The molecule has 1 aromatic heterocycles. The predicted molar refractivity (Wildman–Crippen MR) is 125 cm³/mol. The third-order valence-corrected chi connectivity index (χ3v) is 5.90. The first-order valence-electron chi connectivity index (χ1n) is 10.9. The Bertz CT molecular complexity index is 1080. The number of methoxy groups -OCH3 is 1. The van der Waals surface area contributed by atoms with Crippen LogP contribution in [-0.4, -0.2) is 54.1 Å². The summed E-state index contributed by atoms with van der Waals surface area (Å²) >= 11 is 0. The highest BCUT2D eigenvalue weighted by Gasteiger charge is 2.23. The molecule has 32 heavy (non-hydrogen) atoms. The smallest absolute Gasteiger partial charge is 0.321 e. The molecule has 2 aromatic carbocycles. The van der Waals surface area contributed by atoms with Crippen molar-refractivity contribution >= 4 is 11.7 Å². The van der Waals surface area contributed by atoms with Gasteiger partial charge in [-0.05, 0) is 62.2 Å². The third kappa shape index (κ3) is 4.94. The molecule has 0 atom stereocenters. The van der Waals surface area contributed by atoms with Crippen LogP contribution in [0.4, 0.5) is 10.5 Å². The van der Waals surface area contributed by atoms with Crippen LogP contribution in [0.2, 0.25) is 0 Å². The summed E-state index contributed by atoms with van der Waals surface area (Å²) < 4.78 is 11.1. The minimum Gasteiger partial charge on any atom is -0.497 e. The Hall–Kier alpha value is -3.32. The van der Waals surface area contributed by atoms with E-state index >= 15 is 0 Å². The normalized spacial score (nSPS) is 14.4. The van der Waals surface area contributed by atoms with Gasteiger partial charge in [0, 0.05) is 44.0 Å². The van der Waals surface area contributed by atoms with Gasteiger partial charge in [0.05, 0.1) is 12.8 Å². The van der Waals surface area contributed by atoms with Crippen molar-refractivity contribution in [2.45, 2.75) is 27.3 Å². The maximum atomic E-state index is 12.7. The van der Waals surface area contributed by atoms with Gasteiger partial charge in [0.1, 0.15) is 11.5 Å². The molecule has 7 nitrogen and oxygen atoms in total. The number of carbonyl (C=O) groups is 1. The molecule has 0 unspecified atom stereocenters. The molecular formula is C25H30N4O3. The number of aromatic nitrogens is 1. The Morgan fingerprint density at radius 2 is 1.78 bits per heavy atom. The van der Waals surface area contributed by atoms with Crippen molar-refractivity contribution < 1.29 is 13.9 Å². The zero-order chi connectivity index (χ0) is 22.7. The second-order valence-electron chi connectivity index (χ2n) is 8.26. The van der Waals surface area contributed by atoms with Gasteiger partial charge < -0.3 is 19.4 Å². The van der Waals surface area contributed by atoms with Gasteiger partial charge in [0.15, 0.2) is 0 Å². The van der Waals surface area contributed by atoms with Crippen LogP contribution in [0.15, 0.2) is 46.9 Å². The number of hydrogen-bond acceptors (Lipinski definition) is 5. The average molecular weight is 435 g/mol. The van der Waals surface area contributed by atoms with Gasteiger partial charge >= 0.3 is 6.03 Å². The first kappa shape index (κ1) is 21.9. The number of oxazole rings is 1. The van der Waals surface area contributed by atoms with Crippen molar-refractivity contribution in [2.24, 2.45) is 0 Å². The van der Waals surface area contributed by atoms with Crippen LogP contribution >= 0.6 is 0 Å². The summed E-state index contributed by atoms with van der Waals surface area (Å²) in [5.74, 6) is 2.24. The van der Waals surface area contributed by atoms with Crippen LogP contribution in [0.1, 0.15) is 22.6 Å². The molecule has 3 aromatic rings. The summed E-state index contributed by atoms with van der Waals surface area (Å²) in [4.78, 5) is 21.6. The van der Waals surface area contributed by atoms with E-state index in [9.17, 15) is 4.79 Å². The number of amides is 2. The van der Waals surface area contributed by atoms with Crippen LogP contribution in [-0.2, 0) is 6.54 Å². The number of aryl methyl sites for hydroxylation is 3. The lowest BCUT2D eigenvalue weighted by molar-refractivity contribution is 0.141. The minimum absolute atomic E-state index is 0.0437. The monoisotopic (exact) mass is 434 g/mol. The van der Waals surface area contributed by atoms with Crippen molar-refractivity contribution in [3.63, 3.8) is 0 Å². The van der Waals surface area contributed by atoms with E-state index in [1.54, 1.807) is 7.11 Å². The van der Waals surface area contributed by atoms with E-state index in [1.165, 1.54) is 0 Å². The fraction of sp³-hybridized carbons (Fsp3) is 0.360. The molecule has 168 valence electrons. The lowest BCUT2D eigenvalue weighted by Crippen LogP contribution is -2.49. The van der Waals surface area contributed by atoms with Gasteiger partial charge in [-0.2, -0.15) is 0 Å². The largest absolute Gasteiger partial charge is 0.497 e. The van der Waals surface area contributed by atoms with Crippen LogP contribution in [0.5, 0.6) is 5.75 Å². The van der Waals surface area contributed by atoms with E-state index in [4.69, 9.17) is 14.1 Å². The van der Waals surface area contributed by atoms with Crippen LogP contribution in [0.3, 0.4) is 0 Å². The highest BCUT2D eigenvalue weighted by Crippen LogP contribution is 2.25. The lowest BCUT2D eigenvalue weighted by Gasteiger charge is -2.34. The quantitative estimate of drug-likeness (QED) is 0.634. The molecule has 1 saturated heterocycles. The number of benzene rings is 2. The Kier molecular flexibility index (Phi) is 6.46. The summed E-state index contributed by atoms with van der Waals surface area (Å²) in [6.45, 7) is 9.64. The van der Waals surface area contributed by atoms with Crippen LogP contribution in [0, 0.1) is 20.8 Å². The van der Waals surface area contributed by atoms with E-state index in [1.807, 2.05) is 62.1 Å². The molecule has 0 aliphatic carbocycles. The summed E-state index contributed by atoms with van der Waals surface area (Å²) in [6, 6.07) is 13.7. The molecule has 4 rings (SSSR count). The molecule has 1 N–H and O–H groups in total. The highest BCUT2D eigenvalue weighted by atomic mass is 16.5. The van der Waals surface area contributed by atoms with Gasteiger partial charge in [-0.25, -0.2) is 9.78 Å². The van der Waals surface area contributed by atoms with E-state index < -0.39 is 0 Å². The molecule has 0 bridgehead atoms. The number of ether oxygens (including phenoxy) is 1. The molecule has 1 fully saturated rings. The summed E-state index contributed by atoms with van der Waals surface area (Å²) in [6.07, 6.45) is 0. The fourth-order valence-electron chi connectivity index (χ4n) is 3.82. The topological polar surface area (TPSA) is 70.8 Å². The second kappa shape index (κ2) is 9.44. The highest BCUT2D eigenvalue weighted by molar-refractivity contribution is 5.90. The Morgan fingerprint density at radius 1 is 1.06 bits per heavy atom. The number of nitrogens with one attached hydrogen (secondary N) is 1. The maximum Gasteiger partial charge on any atom is 0.321 e. The molecule has 7 heteroatoms. The fourth-order valence-corrected chi connectivity index (χ4v) is 3.82. The third-order valence-electron chi connectivity index (χ3n) is 5.90. The number of nitrogens with zero attached hydrogens (tertiary/aromatic N) is 3. The van der Waals surface area contributed by atoms with Gasteiger partial charge in [-0.1, -0.05) is 12.1 Å². The molecule has 0 radical (unpaired) electrons. The lowest BCUT2D eigenvalue weighted by atomic mass is 10.1. The van der Waals surface area contributed by atoms with Gasteiger partial charge in [0.25, 0.3) is 0 Å². The van der Waals surface area contributed by atoms with Crippen molar-refractivity contribution in [3.8, 4) is 17.2 Å². The number of carbonyl (C=O) groups excluding carboxylic acids is 1. The van der Waals surface area contributed by atoms with Crippen molar-refractivity contribution in [3.05, 3.63) is 65.0 Å². The molecule has 1 aliphatic heterocycles. The number of hydrogen-bond donors (Lipinski definition) is 1. The van der Waals surface area contributed by atoms with Crippen molar-refractivity contribution in [1.29, 1.82) is 0 Å². The molecule has 1 aliphatic rings. The van der Waals surface area contributed by atoms with Gasteiger partial charge in [0.2, 0.25) is 5.89 Å². The van der Waals surface area contributed by atoms with Crippen molar-refractivity contribution in [2.75, 3.05) is 38.6 Å². The Morgan fingerprint density at radius 3 is 2.47 bits per heavy atom. The molecular weight excluding hydrogens is 404 g/mol. The summed E-state index contributed by atoms with van der Waals surface area (Å²) in [7, 11) is 1.65. The average Bonchev–Trinajstić information content (AvgIpc) is 3.17. The summed E-state index contributed by atoms with van der Waals surface area (Å²) in [5, 5.41) is 3.06. The van der Waals surface area contributed by atoms with E-state index in [-0.39, 0.29) is 6.03 Å². The first-order valence-corrected chi connectivity index (χ1v) is 10.9. The number of anilines is 1. The first-order chi connectivity index (χ1) is 15.4. The zero-order valence-electron chi connectivity index (χ0n) is 19.1. The molecule has 0 spiro atoms. The van der Waals surface area contributed by atoms with Crippen LogP contribution < -0.4 is 10.1 Å². The Labute approximate surface area is 189 Å². The second-order valence-corrected chi connectivity index (χ2v) is 8.26. The SMILES string of the molecule is COc1ccc(-c2nc(CN3CCN(C(=O)Nc4cc(C)ccc4C)CC3)c(C)o2)cc1. The van der Waals surface area contributed by atoms with E-state index in [2.05, 4.69) is 16.3 Å². The standard InChI is InChI=1S/C25H30N4O3/c1-17-5-6-18(2)22(15-17)27-25(30)29-13-11-28(12-14-29)16-23-19(3)32-24(26-23)20-7-9-21(31-4)10-8-20/h5-10,15H,11-14,16H2,1-4H3,(H,27,30). The molecule has 2 amide bonds. The Balaban J connectivity index is 1.33. The van der Waals surface area contributed by atoms with Crippen molar-refractivity contribution in [1.82, 2.24) is 14.8 Å². The summed E-state index contributed by atoms with van der Waals surface area (Å²) in [5.41, 5.74) is 4.93. The molecule has 0 saturated carbocycles. The van der Waals surface area contributed by atoms with E-state index in [0.29, 0.717) is 25.5 Å². The molecule has 2 heterocycles. The van der Waals surface area contributed by atoms with Crippen LogP contribution in [0.25, 0.3) is 11.5 Å². The zero-order valence-corrected chi connectivity index (χ0v) is 19.1. The minimum atomic E-state index is -0.0437. The predicted octanol–water partition coefficient (Wildman–Crippen LogP) is 4.63.